The number of benzene rings is 2. The Morgan fingerprint density at radius 1 is 1.11 bits per heavy atom. The molecule has 0 radical (unpaired) electrons. The average molecular weight is 384 g/mol. The third-order valence-electron chi connectivity index (χ3n) is 5.08. The molecule has 2 amide bonds. The first-order valence-corrected chi connectivity index (χ1v) is 9.39. The SMILES string of the molecule is COc1ccc(NC(=O)NCCc2c3c(cc4c2OCC4)OCC3)c(OC)c1. The van der Waals surface area contributed by atoms with Crippen LogP contribution in [0.25, 0.3) is 0 Å². The Labute approximate surface area is 163 Å². The Kier molecular flexibility index (Phi) is 5.14. The summed E-state index contributed by atoms with van der Waals surface area (Å²) in [5.41, 5.74) is 4.15. The highest BCUT2D eigenvalue weighted by Crippen LogP contribution is 2.40. The number of hydrogen-bond donors (Lipinski definition) is 2. The van der Waals surface area contributed by atoms with Crippen LogP contribution in [0.2, 0.25) is 0 Å². The Balaban J connectivity index is 1.40. The van der Waals surface area contributed by atoms with Gasteiger partial charge in [-0.2, -0.15) is 0 Å². The number of methoxy groups -OCH3 is 2. The molecular weight excluding hydrogens is 360 g/mol. The van der Waals surface area contributed by atoms with Gasteiger partial charge in [-0.1, -0.05) is 0 Å². The van der Waals surface area contributed by atoms with Gasteiger partial charge in [-0.25, -0.2) is 4.79 Å². The number of urea groups is 1. The number of ether oxygens (including phenoxy) is 4. The molecule has 0 unspecified atom stereocenters. The maximum atomic E-state index is 12.3. The van der Waals surface area contributed by atoms with Gasteiger partial charge in [0.15, 0.2) is 0 Å². The number of fused-ring (bicyclic) bond motifs is 2. The first kappa shape index (κ1) is 18.3. The lowest BCUT2D eigenvalue weighted by Crippen LogP contribution is -2.30. The molecular formula is C21H24N2O5. The van der Waals surface area contributed by atoms with Crippen LogP contribution >= 0.6 is 0 Å². The van der Waals surface area contributed by atoms with E-state index < -0.39 is 0 Å². The maximum Gasteiger partial charge on any atom is 0.319 e. The van der Waals surface area contributed by atoms with Gasteiger partial charge in [0.2, 0.25) is 0 Å². The highest BCUT2D eigenvalue weighted by molar-refractivity contribution is 5.91. The first-order valence-electron chi connectivity index (χ1n) is 9.39. The van der Waals surface area contributed by atoms with Gasteiger partial charge >= 0.3 is 6.03 Å². The van der Waals surface area contributed by atoms with Crippen molar-refractivity contribution in [1.82, 2.24) is 5.32 Å². The monoisotopic (exact) mass is 384 g/mol. The predicted molar refractivity (Wildman–Crippen MR) is 105 cm³/mol. The summed E-state index contributed by atoms with van der Waals surface area (Å²) in [4.78, 5) is 12.3. The van der Waals surface area contributed by atoms with Gasteiger partial charge < -0.3 is 29.6 Å². The Bertz CT molecular complexity index is 865. The van der Waals surface area contributed by atoms with Crippen molar-refractivity contribution in [3.63, 3.8) is 0 Å². The van der Waals surface area contributed by atoms with Crippen LogP contribution in [0.3, 0.4) is 0 Å². The zero-order valence-electron chi connectivity index (χ0n) is 16.1. The number of carbonyl (C=O) groups is 1. The number of rotatable bonds is 6. The van der Waals surface area contributed by atoms with Crippen LogP contribution in [0.1, 0.15) is 16.7 Å². The molecule has 0 spiro atoms. The molecule has 4 rings (SSSR count). The fourth-order valence-electron chi connectivity index (χ4n) is 3.72. The van der Waals surface area contributed by atoms with E-state index in [1.165, 1.54) is 11.1 Å². The van der Waals surface area contributed by atoms with E-state index in [9.17, 15) is 4.79 Å². The van der Waals surface area contributed by atoms with Crippen LogP contribution in [0.5, 0.6) is 23.0 Å². The van der Waals surface area contributed by atoms with Crippen LogP contribution in [-0.2, 0) is 19.3 Å². The number of carbonyl (C=O) groups excluding carboxylic acids is 1. The summed E-state index contributed by atoms with van der Waals surface area (Å²) in [7, 11) is 3.14. The average Bonchev–Trinajstić information content (AvgIpc) is 3.36. The summed E-state index contributed by atoms with van der Waals surface area (Å²) in [6.45, 7) is 1.91. The predicted octanol–water partition coefficient (Wildman–Crippen LogP) is 2.94. The molecule has 0 fully saturated rings. The molecule has 28 heavy (non-hydrogen) atoms. The molecule has 2 aromatic carbocycles. The van der Waals surface area contributed by atoms with Crippen LogP contribution in [0.4, 0.5) is 10.5 Å². The first-order chi connectivity index (χ1) is 13.7. The smallest absolute Gasteiger partial charge is 0.319 e. The second-order valence-electron chi connectivity index (χ2n) is 6.71. The van der Waals surface area contributed by atoms with Gasteiger partial charge in [-0.05, 0) is 24.6 Å². The molecule has 0 saturated heterocycles. The molecule has 0 atom stereocenters. The zero-order chi connectivity index (χ0) is 19.5. The Morgan fingerprint density at radius 3 is 2.79 bits per heavy atom. The lowest BCUT2D eigenvalue weighted by molar-refractivity contribution is 0.252. The fraction of sp³-hybridized carbons (Fsp3) is 0.381. The van der Waals surface area contributed by atoms with E-state index in [2.05, 4.69) is 16.7 Å². The highest BCUT2D eigenvalue weighted by Gasteiger charge is 2.26. The molecule has 0 saturated carbocycles. The topological polar surface area (TPSA) is 78.1 Å². The number of hydrogen-bond acceptors (Lipinski definition) is 5. The third kappa shape index (κ3) is 3.52. The van der Waals surface area contributed by atoms with Crippen LogP contribution in [0, 0.1) is 0 Å². The fourth-order valence-corrected chi connectivity index (χ4v) is 3.72. The second kappa shape index (κ2) is 7.88. The van der Waals surface area contributed by atoms with Gasteiger partial charge in [0.1, 0.15) is 23.0 Å². The maximum absolute atomic E-state index is 12.3. The lowest BCUT2D eigenvalue weighted by Gasteiger charge is -2.14. The van der Waals surface area contributed by atoms with E-state index in [1.54, 1.807) is 32.4 Å². The van der Waals surface area contributed by atoms with Crippen LogP contribution < -0.4 is 29.6 Å². The van der Waals surface area contributed by atoms with Gasteiger partial charge in [-0.3, -0.25) is 0 Å². The van der Waals surface area contributed by atoms with Crippen molar-refractivity contribution in [2.75, 3.05) is 39.3 Å². The number of nitrogens with one attached hydrogen (secondary N) is 2. The standard InChI is InChI=1S/C21H24N2O5/c1-25-14-3-4-17(19(12-14)26-2)23-21(24)22-8-5-16-15-7-10-27-18(15)11-13-6-9-28-20(13)16/h3-4,11-12H,5-10H2,1-2H3,(H2,22,23,24). The van der Waals surface area contributed by atoms with E-state index in [-0.39, 0.29) is 6.03 Å². The molecule has 7 heteroatoms. The molecule has 2 aliphatic rings. The largest absolute Gasteiger partial charge is 0.497 e. The van der Waals surface area contributed by atoms with Gasteiger partial charge in [-0.15, -0.1) is 0 Å². The molecule has 2 N–H and O–H groups in total. The molecule has 2 aromatic rings. The minimum atomic E-state index is -0.287. The van der Waals surface area contributed by atoms with E-state index in [0.29, 0.717) is 43.4 Å². The van der Waals surface area contributed by atoms with Crippen molar-refractivity contribution in [2.24, 2.45) is 0 Å². The van der Waals surface area contributed by atoms with Gasteiger partial charge in [0, 0.05) is 42.1 Å². The molecule has 0 aliphatic carbocycles. The molecule has 148 valence electrons. The molecule has 0 bridgehead atoms. The summed E-state index contributed by atoms with van der Waals surface area (Å²) in [5.74, 6) is 3.14. The minimum Gasteiger partial charge on any atom is -0.497 e. The summed E-state index contributed by atoms with van der Waals surface area (Å²) < 4.78 is 22.1. The lowest BCUT2D eigenvalue weighted by atomic mass is 9.97. The van der Waals surface area contributed by atoms with Crippen molar-refractivity contribution in [3.05, 3.63) is 41.0 Å². The highest BCUT2D eigenvalue weighted by atomic mass is 16.5. The summed E-state index contributed by atoms with van der Waals surface area (Å²) >= 11 is 0. The minimum absolute atomic E-state index is 0.287. The molecule has 2 aliphatic heterocycles. The normalized spacial score (nSPS) is 13.8. The van der Waals surface area contributed by atoms with Gasteiger partial charge in [0.25, 0.3) is 0 Å². The number of anilines is 1. The summed E-state index contributed by atoms with van der Waals surface area (Å²) in [5, 5.41) is 5.73. The summed E-state index contributed by atoms with van der Waals surface area (Å²) in [6, 6.07) is 7.06. The Morgan fingerprint density at radius 2 is 1.96 bits per heavy atom. The zero-order valence-corrected chi connectivity index (χ0v) is 16.1. The third-order valence-corrected chi connectivity index (χ3v) is 5.08. The van der Waals surface area contributed by atoms with Crippen LogP contribution in [0.15, 0.2) is 24.3 Å². The number of amides is 2. The molecule has 7 nitrogen and oxygen atoms in total. The van der Waals surface area contributed by atoms with Crippen molar-refractivity contribution >= 4 is 11.7 Å². The van der Waals surface area contributed by atoms with Crippen molar-refractivity contribution in [3.8, 4) is 23.0 Å². The van der Waals surface area contributed by atoms with Crippen molar-refractivity contribution < 1.29 is 23.7 Å². The van der Waals surface area contributed by atoms with E-state index in [0.717, 1.165) is 29.9 Å². The van der Waals surface area contributed by atoms with Crippen molar-refractivity contribution in [1.29, 1.82) is 0 Å². The summed E-state index contributed by atoms with van der Waals surface area (Å²) in [6.07, 6.45) is 2.49. The quantitative estimate of drug-likeness (QED) is 0.801. The van der Waals surface area contributed by atoms with E-state index >= 15 is 0 Å². The van der Waals surface area contributed by atoms with E-state index in [1.807, 2.05) is 0 Å². The molecule has 2 heterocycles. The molecule has 0 aromatic heterocycles. The Hall–Kier alpha value is -3.09. The second-order valence-corrected chi connectivity index (χ2v) is 6.71. The van der Waals surface area contributed by atoms with E-state index in [4.69, 9.17) is 18.9 Å². The van der Waals surface area contributed by atoms with Crippen LogP contribution in [-0.4, -0.2) is 40.0 Å². The van der Waals surface area contributed by atoms with Gasteiger partial charge in [0.05, 0.1) is 33.1 Å². The van der Waals surface area contributed by atoms with Crippen molar-refractivity contribution in [2.45, 2.75) is 19.3 Å².